The van der Waals surface area contributed by atoms with Gasteiger partial charge in [-0.1, -0.05) is 60.7 Å². The maximum atomic E-state index is 13.1. The maximum absolute atomic E-state index is 13.1. The number of hydrogen-bond acceptors (Lipinski definition) is 4. The second-order valence-corrected chi connectivity index (χ2v) is 8.08. The number of para-hydroxylation sites is 2. The third-order valence-corrected chi connectivity index (χ3v) is 6.03. The molecule has 0 amide bonds. The van der Waals surface area contributed by atoms with Crippen molar-refractivity contribution in [3.8, 4) is 22.7 Å². The fraction of sp³-hybridized carbons (Fsp3) is 0.0357. The Morgan fingerprint density at radius 2 is 1.53 bits per heavy atom. The number of esters is 1. The van der Waals surface area contributed by atoms with Gasteiger partial charge in [-0.15, -0.1) is 0 Å². The topological polar surface area (TPSA) is 66.1 Å². The van der Waals surface area contributed by atoms with Crippen molar-refractivity contribution in [3.63, 3.8) is 0 Å². The molecule has 2 aromatic heterocycles. The van der Waals surface area contributed by atoms with Crippen molar-refractivity contribution in [2.75, 3.05) is 0 Å². The lowest BCUT2D eigenvalue weighted by Crippen LogP contribution is -2.25. The Balaban J connectivity index is 1.57. The van der Waals surface area contributed by atoms with E-state index in [4.69, 9.17) is 9.72 Å². The minimum Gasteiger partial charge on any atom is -0.422 e. The fourth-order valence-electron chi connectivity index (χ4n) is 4.38. The van der Waals surface area contributed by atoms with Crippen LogP contribution in [0.2, 0.25) is 0 Å². The molecular formula is C28H19N3O3. The molecule has 0 radical (unpaired) electrons. The molecule has 0 saturated heterocycles. The molecule has 0 saturated carbocycles. The summed E-state index contributed by atoms with van der Waals surface area (Å²) in [6.45, 7) is 0. The molecule has 6 nitrogen and oxygen atoms in total. The van der Waals surface area contributed by atoms with E-state index in [0.717, 1.165) is 28.1 Å². The molecule has 0 unspecified atom stereocenters. The van der Waals surface area contributed by atoms with Gasteiger partial charge < -0.3 is 9.30 Å². The Labute approximate surface area is 195 Å². The molecule has 0 aliphatic carbocycles. The van der Waals surface area contributed by atoms with Gasteiger partial charge in [-0.25, -0.2) is 9.78 Å². The summed E-state index contributed by atoms with van der Waals surface area (Å²) in [5.74, 6) is -0.298. The Morgan fingerprint density at radius 1 is 0.853 bits per heavy atom. The molecule has 0 fully saturated rings. The molecule has 0 spiro atoms. The lowest BCUT2D eigenvalue weighted by Gasteiger charge is -2.16. The molecule has 5 aromatic rings. The van der Waals surface area contributed by atoms with Gasteiger partial charge in [0.2, 0.25) is 5.78 Å². The fourth-order valence-corrected chi connectivity index (χ4v) is 4.38. The predicted octanol–water partition coefficient (Wildman–Crippen LogP) is 5.22. The van der Waals surface area contributed by atoms with Crippen molar-refractivity contribution in [2.24, 2.45) is 7.05 Å². The van der Waals surface area contributed by atoms with E-state index in [1.54, 1.807) is 24.3 Å². The molecule has 1 aliphatic rings. The van der Waals surface area contributed by atoms with Crippen LogP contribution in [0.3, 0.4) is 0 Å². The van der Waals surface area contributed by atoms with Crippen LogP contribution >= 0.6 is 0 Å². The number of ketones is 1. The number of benzene rings is 3. The summed E-state index contributed by atoms with van der Waals surface area (Å²) in [6, 6.07) is 28.7. The van der Waals surface area contributed by atoms with E-state index >= 15 is 0 Å². The van der Waals surface area contributed by atoms with Gasteiger partial charge in [-0.2, -0.15) is 0 Å². The van der Waals surface area contributed by atoms with Crippen molar-refractivity contribution in [1.82, 2.24) is 14.1 Å². The molecule has 164 valence electrons. The van der Waals surface area contributed by atoms with Crippen molar-refractivity contribution in [2.45, 2.75) is 0 Å². The zero-order chi connectivity index (χ0) is 23.2. The third-order valence-electron chi connectivity index (χ3n) is 6.03. The summed E-state index contributed by atoms with van der Waals surface area (Å²) in [5.41, 5.74) is 4.90. The first-order valence-corrected chi connectivity index (χ1v) is 10.9. The van der Waals surface area contributed by atoms with Gasteiger partial charge in [0.25, 0.3) is 0 Å². The van der Waals surface area contributed by atoms with Gasteiger partial charge in [-0.3, -0.25) is 9.36 Å². The van der Waals surface area contributed by atoms with Crippen LogP contribution in [-0.2, 0) is 11.8 Å². The number of carbonyl (C=O) groups is 2. The average Bonchev–Trinajstić information content (AvgIpc) is 3.38. The van der Waals surface area contributed by atoms with Crippen LogP contribution < -0.4 is 4.74 Å². The van der Waals surface area contributed by atoms with Crippen LogP contribution in [0.15, 0.2) is 96.6 Å². The minimum atomic E-state index is -0.680. The normalized spacial score (nSPS) is 14.4. The number of nitrogens with zero attached hydrogens (tertiary/aromatic N) is 3. The first-order valence-electron chi connectivity index (χ1n) is 10.9. The van der Waals surface area contributed by atoms with Gasteiger partial charge in [-0.05, 0) is 42.0 Å². The van der Waals surface area contributed by atoms with E-state index in [2.05, 4.69) is 18.2 Å². The van der Waals surface area contributed by atoms with E-state index in [1.165, 1.54) is 6.08 Å². The second-order valence-electron chi connectivity index (χ2n) is 8.08. The predicted molar refractivity (Wildman–Crippen MR) is 130 cm³/mol. The molecule has 1 aliphatic heterocycles. The number of fused-ring (bicyclic) bond motifs is 2. The van der Waals surface area contributed by atoms with Gasteiger partial charge in [0.05, 0.1) is 16.8 Å². The van der Waals surface area contributed by atoms with Crippen LogP contribution in [0.4, 0.5) is 0 Å². The lowest BCUT2D eigenvalue weighted by atomic mass is 9.99. The quantitative estimate of drug-likeness (QED) is 0.165. The Bertz CT molecular complexity index is 1610. The second kappa shape index (κ2) is 7.71. The van der Waals surface area contributed by atoms with Crippen LogP contribution in [-0.4, -0.2) is 25.9 Å². The molecule has 0 N–H and O–H groups in total. The first kappa shape index (κ1) is 19.9. The molecule has 6 heteroatoms. The maximum Gasteiger partial charge on any atom is 0.347 e. The first-order chi connectivity index (χ1) is 16.6. The van der Waals surface area contributed by atoms with E-state index in [1.807, 2.05) is 64.7 Å². The molecule has 0 atom stereocenters. The molecule has 6 rings (SSSR count). The number of aryl methyl sites for hydroxylation is 1. The van der Waals surface area contributed by atoms with Gasteiger partial charge in [0.15, 0.2) is 5.65 Å². The highest BCUT2D eigenvalue weighted by Gasteiger charge is 2.31. The number of imidazole rings is 1. The summed E-state index contributed by atoms with van der Waals surface area (Å²) in [4.78, 5) is 30.7. The van der Waals surface area contributed by atoms with Crippen LogP contribution in [0.25, 0.3) is 34.2 Å². The monoisotopic (exact) mass is 445 g/mol. The summed E-state index contributed by atoms with van der Waals surface area (Å²) in [7, 11) is 1.96. The van der Waals surface area contributed by atoms with Crippen molar-refractivity contribution < 1.29 is 14.3 Å². The van der Waals surface area contributed by atoms with Crippen molar-refractivity contribution >= 4 is 29.0 Å². The van der Waals surface area contributed by atoms with Gasteiger partial charge in [0.1, 0.15) is 17.1 Å². The summed E-state index contributed by atoms with van der Waals surface area (Å²) >= 11 is 0. The summed E-state index contributed by atoms with van der Waals surface area (Å²) < 4.78 is 9.39. The highest BCUT2D eigenvalue weighted by atomic mass is 16.5. The van der Waals surface area contributed by atoms with Crippen LogP contribution in [0, 0.1) is 0 Å². The molecule has 3 heterocycles. The number of carbonyl (C=O) groups excluding carboxylic acids is 2. The molecule has 0 bridgehead atoms. The standard InChI is InChI=1S/C28H19N3O3/c1-30-22(18-10-4-2-5-11-18)17-23-27(30)29-25(31(23)19-12-6-3-7-13-19)16-21-26(32)20-14-8-9-15-24(20)34-28(21)33/h2-17H,1H3/b21-16-. The Kier molecular flexibility index (Phi) is 4.52. The number of Topliss-reactive ketones (excluding diaryl/α,β-unsaturated/α-hetero) is 1. The smallest absolute Gasteiger partial charge is 0.347 e. The molecule has 34 heavy (non-hydrogen) atoms. The Hall–Kier alpha value is -4.71. The van der Waals surface area contributed by atoms with E-state index in [0.29, 0.717) is 11.4 Å². The number of aromatic nitrogens is 3. The zero-order valence-electron chi connectivity index (χ0n) is 18.3. The van der Waals surface area contributed by atoms with Gasteiger partial charge in [0, 0.05) is 12.7 Å². The SMILES string of the molecule is Cn1c(-c2ccccc2)cc2c1nc(/C=C1\C(=O)Oc3ccccc3C1=O)n2-c1ccccc1. The highest BCUT2D eigenvalue weighted by molar-refractivity contribution is 6.30. The molecule has 3 aromatic carbocycles. The summed E-state index contributed by atoms with van der Waals surface area (Å²) in [5, 5.41) is 0. The van der Waals surface area contributed by atoms with E-state index in [9.17, 15) is 9.59 Å². The van der Waals surface area contributed by atoms with Crippen LogP contribution in [0.5, 0.6) is 5.75 Å². The number of hydrogen-bond donors (Lipinski definition) is 0. The highest BCUT2D eigenvalue weighted by Crippen LogP contribution is 2.32. The Morgan fingerprint density at radius 3 is 2.29 bits per heavy atom. The zero-order valence-corrected chi connectivity index (χ0v) is 18.3. The lowest BCUT2D eigenvalue weighted by molar-refractivity contribution is -0.130. The average molecular weight is 445 g/mol. The van der Waals surface area contributed by atoms with Crippen molar-refractivity contribution in [1.29, 1.82) is 0 Å². The molecular weight excluding hydrogens is 426 g/mol. The summed E-state index contributed by atoms with van der Waals surface area (Å²) in [6.07, 6.45) is 1.52. The van der Waals surface area contributed by atoms with E-state index in [-0.39, 0.29) is 17.1 Å². The van der Waals surface area contributed by atoms with Crippen molar-refractivity contribution in [3.05, 3.63) is 108 Å². The van der Waals surface area contributed by atoms with Crippen LogP contribution in [0.1, 0.15) is 16.2 Å². The van der Waals surface area contributed by atoms with Gasteiger partial charge >= 0.3 is 5.97 Å². The number of rotatable bonds is 3. The minimum absolute atomic E-state index is 0.0468. The number of ether oxygens (including phenoxy) is 1. The third kappa shape index (κ3) is 3.08. The largest absolute Gasteiger partial charge is 0.422 e. The van der Waals surface area contributed by atoms with E-state index < -0.39 is 5.97 Å².